The SMILES string of the molecule is CC#CCC(O)c1ccc(OCC)cc1. The van der Waals surface area contributed by atoms with Crippen molar-refractivity contribution < 1.29 is 9.84 Å². The minimum absolute atomic E-state index is 0.477. The van der Waals surface area contributed by atoms with Crippen LogP contribution < -0.4 is 4.74 Å². The lowest BCUT2D eigenvalue weighted by atomic mass is 10.1. The van der Waals surface area contributed by atoms with Crippen LogP contribution in [-0.4, -0.2) is 11.7 Å². The summed E-state index contributed by atoms with van der Waals surface area (Å²) in [5.41, 5.74) is 0.876. The molecule has 0 aliphatic heterocycles. The molecule has 1 aromatic rings. The maximum absolute atomic E-state index is 9.73. The van der Waals surface area contributed by atoms with Crippen LogP contribution in [-0.2, 0) is 0 Å². The molecule has 2 nitrogen and oxygen atoms in total. The molecule has 15 heavy (non-hydrogen) atoms. The van der Waals surface area contributed by atoms with Crippen LogP contribution in [0.15, 0.2) is 24.3 Å². The van der Waals surface area contributed by atoms with Gasteiger partial charge < -0.3 is 9.84 Å². The van der Waals surface area contributed by atoms with E-state index in [1.807, 2.05) is 31.2 Å². The summed E-state index contributed by atoms with van der Waals surface area (Å²) in [6.07, 6.45) is -0.0297. The van der Waals surface area contributed by atoms with Crippen LogP contribution in [0.25, 0.3) is 0 Å². The van der Waals surface area contributed by atoms with Crippen LogP contribution >= 0.6 is 0 Å². The van der Waals surface area contributed by atoms with Crippen molar-refractivity contribution in [3.63, 3.8) is 0 Å². The molecule has 0 aliphatic rings. The molecule has 0 amide bonds. The lowest BCUT2D eigenvalue weighted by Crippen LogP contribution is -1.96. The van der Waals surface area contributed by atoms with E-state index in [2.05, 4.69) is 11.8 Å². The van der Waals surface area contributed by atoms with Crippen LogP contribution in [0.1, 0.15) is 31.9 Å². The summed E-state index contributed by atoms with van der Waals surface area (Å²) < 4.78 is 5.31. The molecular weight excluding hydrogens is 188 g/mol. The fraction of sp³-hybridized carbons (Fsp3) is 0.385. The minimum Gasteiger partial charge on any atom is -0.494 e. The van der Waals surface area contributed by atoms with E-state index in [1.165, 1.54) is 0 Å². The first kappa shape index (κ1) is 11.6. The molecule has 80 valence electrons. The summed E-state index contributed by atoms with van der Waals surface area (Å²) in [7, 11) is 0. The van der Waals surface area contributed by atoms with Crippen LogP contribution in [0.3, 0.4) is 0 Å². The molecule has 1 unspecified atom stereocenters. The zero-order valence-corrected chi connectivity index (χ0v) is 9.16. The van der Waals surface area contributed by atoms with Gasteiger partial charge in [0.15, 0.2) is 0 Å². The van der Waals surface area contributed by atoms with Crippen molar-refractivity contribution in [2.45, 2.75) is 26.4 Å². The molecule has 0 spiro atoms. The molecule has 1 N–H and O–H groups in total. The van der Waals surface area contributed by atoms with E-state index in [0.29, 0.717) is 13.0 Å². The van der Waals surface area contributed by atoms with Gasteiger partial charge in [-0.05, 0) is 31.5 Å². The fourth-order valence-electron chi connectivity index (χ4n) is 1.27. The van der Waals surface area contributed by atoms with Gasteiger partial charge in [-0.1, -0.05) is 12.1 Å². The molecule has 0 heterocycles. The summed E-state index contributed by atoms with van der Waals surface area (Å²) in [6, 6.07) is 7.46. The number of aliphatic hydroxyl groups is 1. The maximum atomic E-state index is 9.73. The second kappa shape index (κ2) is 6.10. The highest BCUT2D eigenvalue weighted by Gasteiger charge is 2.05. The topological polar surface area (TPSA) is 29.5 Å². The quantitative estimate of drug-likeness (QED) is 0.764. The molecule has 0 aliphatic carbocycles. The Morgan fingerprint density at radius 3 is 2.53 bits per heavy atom. The molecule has 0 saturated carbocycles. The molecule has 1 aromatic carbocycles. The third-order valence-corrected chi connectivity index (χ3v) is 2.05. The summed E-state index contributed by atoms with van der Waals surface area (Å²) in [5.74, 6) is 6.45. The van der Waals surface area contributed by atoms with Gasteiger partial charge in [0.05, 0.1) is 12.7 Å². The number of hydrogen-bond donors (Lipinski definition) is 1. The Morgan fingerprint density at radius 2 is 2.00 bits per heavy atom. The van der Waals surface area contributed by atoms with E-state index in [9.17, 15) is 5.11 Å². The van der Waals surface area contributed by atoms with E-state index in [-0.39, 0.29) is 0 Å². The van der Waals surface area contributed by atoms with Crippen LogP contribution in [0.2, 0.25) is 0 Å². The summed E-state index contributed by atoms with van der Waals surface area (Å²) in [5, 5.41) is 9.73. The van der Waals surface area contributed by atoms with E-state index in [0.717, 1.165) is 11.3 Å². The van der Waals surface area contributed by atoms with E-state index in [1.54, 1.807) is 6.92 Å². The third kappa shape index (κ3) is 3.65. The summed E-state index contributed by atoms with van der Waals surface area (Å²) in [4.78, 5) is 0. The lowest BCUT2D eigenvalue weighted by Gasteiger charge is -2.08. The number of benzene rings is 1. The van der Waals surface area contributed by atoms with Crippen LogP contribution in [0.4, 0.5) is 0 Å². The first-order chi connectivity index (χ1) is 7.27. The molecule has 0 saturated heterocycles. The van der Waals surface area contributed by atoms with Crippen molar-refractivity contribution in [3.05, 3.63) is 29.8 Å². The number of hydrogen-bond acceptors (Lipinski definition) is 2. The van der Waals surface area contributed by atoms with Gasteiger partial charge in [0.25, 0.3) is 0 Å². The molecule has 2 heteroatoms. The summed E-state index contributed by atoms with van der Waals surface area (Å²) in [6.45, 7) is 4.37. The minimum atomic E-state index is -0.506. The van der Waals surface area contributed by atoms with Crippen molar-refractivity contribution in [1.82, 2.24) is 0 Å². The lowest BCUT2D eigenvalue weighted by molar-refractivity contribution is 0.184. The Morgan fingerprint density at radius 1 is 1.33 bits per heavy atom. The van der Waals surface area contributed by atoms with Crippen molar-refractivity contribution in [1.29, 1.82) is 0 Å². The smallest absolute Gasteiger partial charge is 0.119 e. The van der Waals surface area contributed by atoms with E-state index >= 15 is 0 Å². The van der Waals surface area contributed by atoms with Gasteiger partial charge in [-0.2, -0.15) is 0 Å². The van der Waals surface area contributed by atoms with Crippen molar-refractivity contribution in [2.75, 3.05) is 6.61 Å². The Hall–Kier alpha value is -1.46. The average molecular weight is 204 g/mol. The van der Waals surface area contributed by atoms with Crippen LogP contribution in [0.5, 0.6) is 5.75 Å². The molecule has 0 bridgehead atoms. The van der Waals surface area contributed by atoms with Gasteiger partial charge in [0, 0.05) is 6.42 Å². The van der Waals surface area contributed by atoms with Crippen molar-refractivity contribution in [3.8, 4) is 17.6 Å². The fourth-order valence-corrected chi connectivity index (χ4v) is 1.27. The molecular formula is C13H16O2. The highest BCUT2D eigenvalue weighted by molar-refractivity contribution is 5.29. The van der Waals surface area contributed by atoms with Crippen LogP contribution in [0, 0.1) is 11.8 Å². The number of aliphatic hydroxyl groups excluding tert-OH is 1. The molecule has 0 fully saturated rings. The summed E-state index contributed by atoms with van der Waals surface area (Å²) >= 11 is 0. The van der Waals surface area contributed by atoms with Gasteiger partial charge in [-0.25, -0.2) is 0 Å². The van der Waals surface area contributed by atoms with Gasteiger partial charge in [0.2, 0.25) is 0 Å². The third-order valence-electron chi connectivity index (χ3n) is 2.05. The average Bonchev–Trinajstić information content (AvgIpc) is 2.27. The van der Waals surface area contributed by atoms with Gasteiger partial charge in [-0.15, -0.1) is 11.8 Å². The van der Waals surface area contributed by atoms with E-state index < -0.39 is 6.10 Å². The number of rotatable bonds is 4. The highest BCUT2D eigenvalue weighted by Crippen LogP contribution is 2.19. The molecule has 1 atom stereocenters. The largest absolute Gasteiger partial charge is 0.494 e. The Balaban J connectivity index is 2.64. The molecule has 0 aromatic heterocycles. The molecule has 0 radical (unpaired) electrons. The first-order valence-electron chi connectivity index (χ1n) is 5.08. The van der Waals surface area contributed by atoms with Crippen molar-refractivity contribution in [2.24, 2.45) is 0 Å². The first-order valence-corrected chi connectivity index (χ1v) is 5.08. The zero-order chi connectivity index (χ0) is 11.1. The maximum Gasteiger partial charge on any atom is 0.119 e. The zero-order valence-electron chi connectivity index (χ0n) is 9.16. The van der Waals surface area contributed by atoms with Gasteiger partial charge in [-0.3, -0.25) is 0 Å². The van der Waals surface area contributed by atoms with E-state index in [4.69, 9.17) is 4.74 Å². The number of ether oxygens (including phenoxy) is 1. The monoisotopic (exact) mass is 204 g/mol. The van der Waals surface area contributed by atoms with Gasteiger partial charge >= 0.3 is 0 Å². The predicted octanol–water partition coefficient (Wildman–Crippen LogP) is 2.53. The second-order valence-electron chi connectivity index (χ2n) is 3.15. The normalized spacial score (nSPS) is 11.4. The van der Waals surface area contributed by atoms with Crippen molar-refractivity contribution >= 4 is 0 Å². The second-order valence-corrected chi connectivity index (χ2v) is 3.15. The highest BCUT2D eigenvalue weighted by atomic mass is 16.5. The Labute approximate surface area is 90.9 Å². The Bertz CT molecular complexity index is 343. The standard InChI is InChI=1S/C13H16O2/c1-3-5-6-13(14)11-7-9-12(10-8-11)15-4-2/h7-10,13-14H,4,6H2,1-2H3. The predicted molar refractivity (Wildman–Crippen MR) is 60.6 cm³/mol. The van der Waals surface area contributed by atoms with Gasteiger partial charge in [0.1, 0.15) is 5.75 Å². The molecule has 1 rings (SSSR count). The Kier molecular flexibility index (Phi) is 4.73.